The molecule has 0 radical (unpaired) electrons. The SMILES string of the molecule is CN=C(NCCCc1ccc(Cl)cc1)NCc1nc(C(C)C)cs1.I. The van der Waals surface area contributed by atoms with Crippen LogP contribution in [0.2, 0.25) is 5.02 Å². The van der Waals surface area contributed by atoms with E-state index in [1.165, 1.54) is 5.56 Å². The average Bonchev–Trinajstić information content (AvgIpc) is 3.05. The minimum atomic E-state index is 0. The van der Waals surface area contributed by atoms with Crippen molar-refractivity contribution in [2.24, 2.45) is 4.99 Å². The van der Waals surface area contributed by atoms with E-state index in [-0.39, 0.29) is 24.0 Å². The van der Waals surface area contributed by atoms with Gasteiger partial charge < -0.3 is 10.6 Å². The van der Waals surface area contributed by atoms with E-state index in [0.717, 1.165) is 41.1 Å². The van der Waals surface area contributed by atoms with E-state index in [0.29, 0.717) is 12.5 Å². The smallest absolute Gasteiger partial charge is 0.191 e. The molecule has 0 saturated heterocycles. The minimum Gasteiger partial charge on any atom is -0.356 e. The van der Waals surface area contributed by atoms with Gasteiger partial charge in [0.15, 0.2) is 5.96 Å². The molecule has 2 rings (SSSR count). The quantitative estimate of drug-likeness (QED) is 0.252. The summed E-state index contributed by atoms with van der Waals surface area (Å²) in [7, 11) is 1.79. The highest BCUT2D eigenvalue weighted by atomic mass is 127. The number of hydrogen-bond donors (Lipinski definition) is 2. The van der Waals surface area contributed by atoms with E-state index in [1.54, 1.807) is 18.4 Å². The van der Waals surface area contributed by atoms with Crippen LogP contribution < -0.4 is 10.6 Å². The van der Waals surface area contributed by atoms with Crippen LogP contribution in [-0.4, -0.2) is 24.5 Å². The average molecular weight is 493 g/mol. The molecular formula is C18H26ClIN4S. The Labute approximate surface area is 176 Å². The van der Waals surface area contributed by atoms with Crippen LogP contribution in [0.25, 0.3) is 0 Å². The largest absolute Gasteiger partial charge is 0.356 e. The van der Waals surface area contributed by atoms with E-state index < -0.39 is 0 Å². The molecule has 0 unspecified atom stereocenters. The fourth-order valence-electron chi connectivity index (χ4n) is 2.20. The van der Waals surface area contributed by atoms with E-state index in [4.69, 9.17) is 11.6 Å². The normalized spacial score (nSPS) is 11.3. The van der Waals surface area contributed by atoms with E-state index in [2.05, 4.69) is 52.0 Å². The van der Waals surface area contributed by atoms with Crippen LogP contribution >= 0.6 is 46.9 Å². The predicted molar refractivity (Wildman–Crippen MR) is 120 cm³/mol. The summed E-state index contributed by atoms with van der Waals surface area (Å²) in [5.41, 5.74) is 2.45. The lowest BCUT2D eigenvalue weighted by Crippen LogP contribution is -2.37. The summed E-state index contributed by atoms with van der Waals surface area (Å²) in [5.74, 6) is 1.28. The Morgan fingerprint density at radius 1 is 1.24 bits per heavy atom. The topological polar surface area (TPSA) is 49.3 Å². The molecule has 1 aromatic heterocycles. The summed E-state index contributed by atoms with van der Waals surface area (Å²) in [4.78, 5) is 8.88. The van der Waals surface area contributed by atoms with Gasteiger partial charge in [-0.2, -0.15) is 0 Å². The number of aliphatic imine (C=N–C) groups is 1. The standard InChI is InChI=1S/C18H25ClN4S.HI/c1-13(2)16-12-24-17(23-16)11-22-18(20-3)21-10-4-5-14-6-8-15(19)9-7-14;/h6-9,12-13H,4-5,10-11H2,1-3H3,(H2,20,21,22);1H. The predicted octanol–water partition coefficient (Wildman–Crippen LogP) is 4.84. The maximum atomic E-state index is 5.90. The summed E-state index contributed by atoms with van der Waals surface area (Å²) in [6.45, 7) is 5.90. The third kappa shape index (κ3) is 7.92. The minimum absolute atomic E-state index is 0. The van der Waals surface area contributed by atoms with Crippen LogP contribution in [-0.2, 0) is 13.0 Å². The summed E-state index contributed by atoms with van der Waals surface area (Å²) in [6, 6.07) is 8.02. The molecule has 0 fully saturated rings. The van der Waals surface area contributed by atoms with Crippen LogP contribution in [0, 0.1) is 0 Å². The first-order chi connectivity index (χ1) is 11.6. The third-order valence-electron chi connectivity index (χ3n) is 3.64. The molecule has 2 N–H and O–H groups in total. The van der Waals surface area contributed by atoms with Gasteiger partial charge in [-0.1, -0.05) is 37.6 Å². The number of benzene rings is 1. The Morgan fingerprint density at radius 3 is 2.56 bits per heavy atom. The van der Waals surface area contributed by atoms with Crippen molar-refractivity contribution in [1.29, 1.82) is 0 Å². The fourth-order valence-corrected chi connectivity index (χ4v) is 3.22. The van der Waals surface area contributed by atoms with Gasteiger partial charge in [-0.05, 0) is 36.5 Å². The summed E-state index contributed by atoms with van der Waals surface area (Å²) < 4.78 is 0. The summed E-state index contributed by atoms with van der Waals surface area (Å²) >= 11 is 7.59. The Kier molecular flexibility index (Phi) is 10.4. The first-order valence-corrected chi connectivity index (χ1v) is 9.47. The number of nitrogens with zero attached hydrogens (tertiary/aromatic N) is 2. The molecule has 25 heavy (non-hydrogen) atoms. The zero-order valence-electron chi connectivity index (χ0n) is 14.9. The molecule has 0 bridgehead atoms. The second-order valence-corrected chi connectivity index (χ2v) is 7.28. The van der Waals surface area contributed by atoms with Crippen LogP contribution in [0.15, 0.2) is 34.6 Å². The molecule has 7 heteroatoms. The molecule has 0 atom stereocenters. The lowest BCUT2D eigenvalue weighted by molar-refractivity contribution is 0.738. The number of nitrogens with one attached hydrogen (secondary N) is 2. The van der Waals surface area contributed by atoms with Gasteiger partial charge in [0.2, 0.25) is 0 Å². The molecule has 0 aliphatic carbocycles. The van der Waals surface area contributed by atoms with Crippen molar-refractivity contribution in [2.75, 3.05) is 13.6 Å². The number of aromatic nitrogens is 1. The van der Waals surface area contributed by atoms with Crippen molar-refractivity contribution in [3.63, 3.8) is 0 Å². The highest BCUT2D eigenvalue weighted by Gasteiger charge is 2.06. The fraction of sp³-hybridized carbons (Fsp3) is 0.444. The Balaban J connectivity index is 0.00000312. The molecule has 1 aromatic carbocycles. The van der Waals surface area contributed by atoms with Crippen LogP contribution in [0.5, 0.6) is 0 Å². The molecule has 4 nitrogen and oxygen atoms in total. The van der Waals surface area contributed by atoms with Gasteiger partial charge in [0, 0.05) is 24.0 Å². The first-order valence-electron chi connectivity index (χ1n) is 8.21. The number of hydrogen-bond acceptors (Lipinski definition) is 3. The monoisotopic (exact) mass is 492 g/mol. The second-order valence-electron chi connectivity index (χ2n) is 5.90. The zero-order chi connectivity index (χ0) is 17.4. The van der Waals surface area contributed by atoms with Gasteiger partial charge in [-0.3, -0.25) is 4.99 Å². The third-order valence-corrected chi connectivity index (χ3v) is 4.76. The molecular weight excluding hydrogens is 467 g/mol. The van der Waals surface area contributed by atoms with E-state index in [1.807, 2.05) is 12.1 Å². The zero-order valence-corrected chi connectivity index (χ0v) is 18.8. The second kappa shape index (κ2) is 11.7. The number of thiazole rings is 1. The van der Waals surface area contributed by atoms with Crippen molar-refractivity contribution >= 4 is 52.9 Å². The Bertz CT molecular complexity index is 655. The molecule has 2 aromatic rings. The molecule has 1 heterocycles. The number of guanidine groups is 1. The summed E-state index contributed by atoms with van der Waals surface area (Å²) in [5, 5.41) is 10.7. The van der Waals surface area contributed by atoms with Crippen LogP contribution in [0.1, 0.15) is 42.5 Å². The maximum Gasteiger partial charge on any atom is 0.191 e. The van der Waals surface area contributed by atoms with E-state index >= 15 is 0 Å². The lowest BCUT2D eigenvalue weighted by Gasteiger charge is -2.11. The first kappa shape index (κ1) is 22.2. The molecule has 0 aliphatic rings. The maximum absolute atomic E-state index is 5.90. The number of rotatable bonds is 7. The van der Waals surface area contributed by atoms with Gasteiger partial charge in [0.1, 0.15) is 5.01 Å². The highest BCUT2D eigenvalue weighted by molar-refractivity contribution is 14.0. The molecule has 0 spiro atoms. The van der Waals surface area contributed by atoms with Crippen molar-refractivity contribution < 1.29 is 0 Å². The number of aryl methyl sites for hydroxylation is 1. The number of halogens is 2. The van der Waals surface area contributed by atoms with Crippen LogP contribution in [0.4, 0.5) is 0 Å². The molecule has 138 valence electrons. The van der Waals surface area contributed by atoms with Gasteiger partial charge in [-0.15, -0.1) is 35.3 Å². The summed E-state index contributed by atoms with van der Waals surface area (Å²) in [6.07, 6.45) is 2.06. The lowest BCUT2D eigenvalue weighted by atomic mass is 10.1. The van der Waals surface area contributed by atoms with Gasteiger partial charge in [-0.25, -0.2) is 4.98 Å². The van der Waals surface area contributed by atoms with Gasteiger partial charge in [0.25, 0.3) is 0 Å². The van der Waals surface area contributed by atoms with Gasteiger partial charge in [0.05, 0.1) is 12.2 Å². The van der Waals surface area contributed by atoms with Crippen molar-refractivity contribution in [3.05, 3.63) is 50.9 Å². The van der Waals surface area contributed by atoms with Crippen molar-refractivity contribution in [2.45, 2.75) is 39.2 Å². The Hall–Kier alpha value is -0.860. The molecule has 0 aliphatic heterocycles. The Morgan fingerprint density at radius 2 is 1.96 bits per heavy atom. The van der Waals surface area contributed by atoms with Crippen LogP contribution in [0.3, 0.4) is 0 Å². The van der Waals surface area contributed by atoms with Gasteiger partial charge >= 0.3 is 0 Å². The van der Waals surface area contributed by atoms with E-state index in [9.17, 15) is 0 Å². The highest BCUT2D eigenvalue weighted by Crippen LogP contribution is 2.17. The van der Waals surface area contributed by atoms with Crippen molar-refractivity contribution in [3.8, 4) is 0 Å². The van der Waals surface area contributed by atoms with Crippen molar-refractivity contribution in [1.82, 2.24) is 15.6 Å². The molecule has 0 amide bonds. The molecule has 0 saturated carbocycles.